The number of anilines is 1. The van der Waals surface area contributed by atoms with Crippen molar-refractivity contribution in [2.45, 2.75) is 32.5 Å². The van der Waals surface area contributed by atoms with Crippen LogP contribution in [0, 0.1) is 0 Å². The van der Waals surface area contributed by atoms with Crippen molar-refractivity contribution in [2.75, 3.05) is 18.4 Å². The lowest BCUT2D eigenvalue weighted by Crippen LogP contribution is -2.49. The number of nitrogens with one attached hydrogen (secondary N) is 1. The van der Waals surface area contributed by atoms with E-state index in [2.05, 4.69) is 10.3 Å². The maximum absolute atomic E-state index is 12.2. The van der Waals surface area contributed by atoms with Crippen LogP contribution in [0.2, 0.25) is 0 Å². The second-order valence-corrected chi connectivity index (χ2v) is 5.20. The molecule has 2 rings (SSSR count). The minimum absolute atomic E-state index is 0.00978. The molecule has 1 aromatic rings. The van der Waals surface area contributed by atoms with E-state index in [4.69, 9.17) is 9.84 Å². The summed E-state index contributed by atoms with van der Waals surface area (Å²) in [5, 5.41) is 11.4. The monoisotopic (exact) mass is 293 g/mol. The highest BCUT2D eigenvalue weighted by Crippen LogP contribution is 2.13. The van der Waals surface area contributed by atoms with Crippen molar-refractivity contribution in [1.29, 1.82) is 0 Å². The van der Waals surface area contributed by atoms with Crippen LogP contribution in [0.3, 0.4) is 0 Å². The van der Waals surface area contributed by atoms with Crippen molar-refractivity contribution in [3.63, 3.8) is 0 Å². The van der Waals surface area contributed by atoms with Gasteiger partial charge in [0, 0.05) is 13.1 Å². The molecule has 2 heterocycles. The number of carbonyl (C=O) groups excluding carboxylic acids is 1. The van der Waals surface area contributed by atoms with E-state index in [1.54, 1.807) is 17.0 Å². The Hall–Kier alpha value is -2.15. The Kier molecular flexibility index (Phi) is 4.74. The molecule has 1 saturated heterocycles. The highest BCUT2D eigenvalue weighted by molar-refractivity contribution is 5.89. The fourth-order valence-electron chi connectivity index (χ4n) is 2.30. The molecule has 1 aliphatic rings. The fraction of sp³-hybridized carbons (Fsp3) is 0.500. The summed E-state index contributed by atoms with van der Waals surface area (Å²) in [5.41, 5.74) is 0.995. The number of morpholine rings is 1. The molecule has 0 radical (unpaired) electrons. The summed E-state index contributed by atoms with van der Waals surface area (Å²) in [6.07, 6.45) is 1.35. The molecule has 0 saturated carbocycles. The average molecular weight is 293 g/mol. The van der Waals surface area contributed by atoms with E-state index in [1.165, 1.54) is 6.20 Å². The predicted molar refractivity (Wildman–Crippen MR) is 76.2 cm³/mol. The minimum atomic E-state index is -0.935. The quantitative estimate of drug-likeness (QED) is 0.877. The van der Waals surface area contributed by atoms with Crippen LogP contribution in [0.25, 0.3) is 0 Å². The average Bonchev–Trinajstić information content (AvgIpc) is 2.39. The Morgan fingerprint density at radius 2 is 2.05 bits per heavy atom. The molecule has 1 aromatic heterocycles. The van der Waals surface area contributed by atoms with Crippen molar-refractivity contribution < 1.29 is 19.4 Å². The summed E-state index contributed by atoms with van der Waals surface area (Å²) in [6.45, 7) is 4.94. The smallest absolute Gasteiger partial charge is 0.322 e. The van der Waals surface area contributed by atoms with Crippen LogP contribution in [-0.4, -0.2) is 52.3 Å². The number of carboxylic acids is 1. The zero-order valence-electron chi connectivity index (χ0n) is 12.1. The van der Waals surface area contributed by atoms with Gasteiger partial charge in [-0.1, -0.05) is 0 Å². The molecule has 21 heavy (non-hydrogen) atoms. The molecular formula is C14H19N3O4. The number of carboxylic acid groups (broad SMARTS) is 1. The maximum atomic E-state index is 12.2. The molecule has 0 spiro atoms. The molecule has 1 fully saturated rings. The van der Waals surface area contributed by atoms with E-state index in [0.29, 0.717) is 24.5 Å². The third-order valence-electron chi connectivity index (χ3n) is 3.12. The molecule has 7 heteroatoms. The first-order valence-corrected chi connectivity index (χ1v) is 6.82. The van der Waals surface area contributed by atoms with Crippen LogP contribution in [0.5, 0.6) is 0 Å². The summed E-state index contributed by atoms with van der Waals surface area (Å²) in [7, 11) is 0. The zero-order chi connectivity index (χ0) is 15.4. The van der Waals surface area contributed by atoms with Gasteiger partial charge in [-0.05, 0) is 26.0 Å². The van der Waals surface area contributed by atoms with E-state index < -0.39 is 5.97 Å². The Morgan fingerprint density at radius 1 is 1.38 bits per heavy atom. The van der Waals surface area contributed by atoms with E-state index >= 15 is 0 Å². The number of amides is 2. The zero-order valence-corrected chi connectivity index (χ0v) is 12.1. The molecule has 2 amide bonds. The van der Waals surface area contributed by atoms with Gasteiger partial charge in [-0.25, -0.2) is 4.79 Å². The van der Waals surface area contributed by atoms with Gasteiger partial charge in [0.2, 0.25) is 0 Å². The number of urea groups is 1. The minimum Gasteiger partial charge on any atom is -0.481 e. The normalized spacial score (nSPS) is 21.9. The molecule has 0 aromatic carbocycles. The standard InChI is InChI=1S/C14H19N3O4/c1-9-7-17(8-10(2)21-9)14(20)16-12-4-3-11(15-6-12)5-13(18)19/h3-4,6,9-10H,5,7-8H2,1-2H3,(H,16,20)(H,18,19). The van der Waals surface area contributed by atoms with E-state index in [-0.39, 0.29) is 24.7 Å². The van der Waals surface area contributed by atoms with Gasteiger partial charge in [0.15, 0.2) is 0 Å². The number of hydrogen-bond donors (Lipinski definition) is 2. The third-order valence-corrected chi connectivity index (χ3v) is 3.12. The van der Waals surface area contributed by atoms with Crippen LogP contribution in [-0.2, 0) is 16.0 Å². The Bertz CT molecular complexity index is 507. The van der Waals surface area contributed by atoms with Gasteiger partial charge in [0.25, 0.3) is 0 Å². The summed E-state index contributed by atoms with van der Waals surface area (Å²) in [4.78, 5) is 28.4. The van der Waals surface area contributed by atoms with Gasteiger partial charge in [-0.2, -0.15) is 0 Å². The number of aromatic nitrogens is 1. The first-order valence-electron chi connectivity index (χ1n) is 6.82. The molecule has 0 bridgehead atoms. The van der Waals surface area contributed by atoms with Gasteiger partial charge in [0.1, 0.15) is 0 Å². The van der Waals surface area contributed by atoms with Gasteiger partial charge in [-0.15, -0.1) is 0 Å². The Morgan fingerprint density at radius 3 is 2.57 bits per heavy atom. The summed E-state index contributed by atoms with van der Waals surface area (Å²) >= 11 is 0. The lowest BCUT2D eigenvalue weighted by atomic mass is 10.2. The largest absolute Gasteiger partial charge is 0.481 e. The van der Waals surface area contributed by atoms with Gasteiger partial charge in [-0.3, -0.25) is 9.78 Å². The lowest BCUT2D eigenvalue weighted by molar-refractivity contribution is -0.136. The Balaban J connectivity index is 1.94. The Labute approximate surface area is 122 Å². The molecule has 2 unspecified atom stereocenters. The molecule has 2 atom stereocenters. The molecule has 0 aliphatic carbocycles. The number of rotatable bonds is 3. The van der Waals surface area contributed by atoms with Gasteiger partial charge >= 0.3 is 12.0 Å². The van der Waals surface area contributed by atoms with Crippen LogP contribution in [0.15, 0.2) is 18.3 Å². The number of carbonyl (C=O) groups is 2. The number of aliphatic carboxylic acids is 1. The molecular weight excluding hydrogens is 274 g/mol. The predicted octanol–water partition coefficient (Wildman–Crippen LogP) is 1.35. The topological polar surface area (TPSA) is 91.8 Å². The van der Waals surface area contributed by atoms with Gasteiger partial charge < -0.3 is 20.1 Å². The van der Waals surface area contributed by atoms with Crippen molar-refractivity contribution in [2.24, 2.45) is 0 Å². The van der Waals surface area contributed by atoms with E-state index in [0.717, 1.165) is 0 Å². The van der Waals surface area contributed by atoms with Gasteiger partial charge in [0.05, 0.1) is 36.2 Å². The lowest BCUT2D eigenvalue weighted by Gasteiger charge is -2.35. The van der Waals surface area contributed by atoms with Crippen molar-refractivity contribution in [3.8, 4) is 0 Å². The number of pyridine rings is 1. The summed E-state index contributed by atoms with van der Waals surface area (Å²) < 4.78 is 5.58. The molecule has 7 nitrogen and oxygen atoms in total. The van der Waals surface area contributed by atoms with Crippen molar-refractivity contribution in [3.05, 3.63) is 24.0 Å². The highest BCUT2D eigenvalue weighted by atomic mass is 16.5. The number of nitrogens with zero attached hydrogens (tertiary/aromatic N) is 2. The molecule has 1 aliphatic heterocycles. The second kappa shape index (κ2) is 6.53. The van der Waals surface area contributed by atoms with Crippen LogP contribution in [0.1, 0.15) is 19.5 Å². The van der Waals surface area contributed by atoms with Crippen LogP contribution < -0.4 is 5.32 Å². The highest BCUT2D eigenvalue weighted by Gasteiger charge is 2.25. The van der Waals surface area contributed by atoms with E-state index in [9.17, 15) is 9.59 Å². The summed E-state index contributed by atoms with van der Waals surface area (Å²) in [6, 6.07) is 3.04. The number of hydrogen-bond acceptors (Lipinski definition) is 4. The van der Waals surface area contributed by atoms with Crippen LogP contribution >= 0.6 is 0 Å². The first-order chi connectivity index (χ1) is 9.94. The summed E-state index contributed by atoms with van der Waals surface area (Å²) in [5.74, 6) is -0.935. The maximum Gasteiger partial charge on any atom is 0.322 e. The van der Waals surface area contributed by atoms with E-state index in [1.807, 2.05) is 13.8 Å². The van der Waals surface area contributed by atoms with Crippen molar-refractivity contribution in [1.82, 2.24) is 9.88 Å². The molecule has 2 N–H and O–H groups in total. The third kappa shape index (κ3) is 4.42. The van der Waals surface area contributed by atoms with Crippen LogP contribution in [0.4, 0.5) is 10.5 Å². The second-order valence-electron chi connectivity index (χ2n) is 5.20. The first kappa shape index (κ1) is 15.2. The SMILES string of the molecule is CC1CN(C(=O)Nc2ccc(CC(=O)O)nc2)CC(C)O1. The van der Waals surface area contributed by atoms with Crippen molar-refractivity contribution >= 4 is 17.7 Å². The molecule has 114 valence electrons. The fourth-order valence-corrected chi connectivity index (χ4v) is 2.30. The number of ether oxygens (including phenoxy) is 1.